The van der Waals surface area contributed by atoms with E-state index in [0.29, 0.717) is 30.6 Å². The van der Waals surface area contributed by atoms with Gasteiger partial charge in [0.2, 0.25) is 0 Å². The van der Waals surface area contributed by atoms with Crippen molar-refractivity contribution in [3.05, 3.63) is 46.8 Å². The molecule has 2 atom stereocenters. The number of nitrogens with zero attached hydrogens (tertiary/aromatic N) is 1. The normalized spacial score (nSPS) is 21.6. The lowest BCUT2D eigenvalue weighted by atomic mass is 10.2. The number of amides is 1. The lowest BCUT2D eigenvalue weighted by molar-refractivity contribution is 0.0677. The fourth-order valence-electron chi connectivity index (χ4n) is 3.44. The standard InChI is InChI=1S/C20H23NO5/c1-3-16-15(20(23)24)9-18(26-16)19(22)21(12-4-5-12)10-13-6-7-17(25-13)14-8-11(14)2/h6-7,9,11-12,14H,3-5,8,10H2,1-2H3,(H,23,24). The van der Waals surface area contributed by atoms with Crippen LogP contribution in [-0.4, -0.2) is 27.9 Å². The minimum atomic E-state index is -1.07. The summed E-state index contributed by atoms with van der Waals surface area (Å²) in [6.07, 6.45) is 3.49. The Morgan fingerprint density at radius 2 is 2.00 bits per heavy atom. The summed E-state index contributed by atoms with van der Waals surface area (Å²) in [4.78, 5) is 26.0. The van der Waals surface area contributed by atoms with Gasteiger partial charge in [-0.25, -0.2) is 4.79 Å². The van der Waals surface area contributed by atoms with Crippen LogP contribution < -0.4 is 0 Å². The first kappa shape index (κ1) is 16.9. The van der Waals surface area contributed by atoms with Crippen molar-refractivity contribution in [3.8, 4) is 0 Å². The minimum absolute atomic E-state index is 0.0644. The highest BCUT2D eigenvalue weighted by Crippen LogP contribution is 2.47. The van der Waals surface area contributed by atoms with Crippen LogP contribution in [0.15, 0.2) is 27.0 Å². The van der Waals surface area contributed by atoms with Crippen molar-refractivity contribution in [2.45, 2.75) is 58.0 Å². The first-order valence-electron chi connectivity index (χ1n) is 9.23. The van der Waals surface area contributed by atoms with E-state index >= 15 is 0 Å². The van der Waals surface area contributed by atoms with Crippen molar-refractivity contribution in [3.63, 3.8) is 0 Å². The predicted molar refractivity (Wildman–Crippen MR) is 93.2 cm³/mol. The van der Waals surface area contributed by atoms with Crippen LogP contribution >= 0.6 is 0 Å². The van der Waals surface area contributed by atoms with E-state index in [1.807, 2.05) is 12.1 Å². The zero-order valence-corrected chi connectivity index (χ0v) is 15.0. The number of hydrogen-bond acceptors (Lipinski definition) is 4. The summed E-state index contributed by atoms with van der Waals surface area (Å²) in [7, 11) is 0. The van der Waals surface area contributed by atoms with E-state index in [9.17, 15) is 14.7 Å². The lowest BCUT2D eigenvalue weighted by Gasteiger charge is -2.20. The molecule has 2 aliphatic rings. The molecule has 6 heteroatoms. The van der Waals surface area contributed by atoms with Crippen LogP contribution in [0.3, 0.4) is 0 Å². The van der Waals surface area contributed by atoms with E-state index in [0.717, 1.165) is 30.8 Å². The van der Waals surface area contributed by atoms with Crippen molar-refractivity contribution in [1.82, 2.24) is 4.90 Å². The van der Waals surface area contributed by atoms with E-state index in [2.05, 4.69) is 6.92 Å². The molecule has 4 rings (SSSR count). The molecule has 2 fully saturated rings. The monoisotopic (exact) mass is 357 g/mol. The van der Waals surface area contributed by atoms with Gasteiger partial charge in [-0.05, 0) is 37.3 Å². The molecule has 1 amide bonds. The third-order valence-electron chi connectivity index (χ3n) is 5.30. The van der Waals surface area contributed by atoms with Gasteiger partial charge in [0.1, 0.15) is 22.8 Å². The Morgan fingerprint density at radius 1 is 1.27 bits per heavy atom. The van der Waals surface area contributed by atoms with Gasteiger partial charge < -0.3 is 18.8 Å². The third kappa shape index (κ3) is 3.16. The number of carboxylic acids is 1. The fourth-order valence-corrected chi connectivity index (χ4v) is 3.44. The molecule has 0 bridgehead atoms. The summed E-state index contributed by atoms with van der Waals surface area (Å²) < 4.78 is 11.5. The Hall–Kier alpha value is -2.50. The smallest absolute Gasteiger partial charge is 0.339 e. The first-order valence-corrected chi connectivity index (χ1v) is 9.23. The molecule has 2 aliphatic carbocycles. The topological polar surface area (TPSA) is 83.9 Å². The molecule has 26 heavy (non-hydrogen) atoms. The van der Waals surface area contributed by atoms with Gasteiger partial charge in [0.15, 0.2) is 5.76 Å². The molecule has 0 spiro atoms. The minimum Gasteiger partial charge on any atom is -0.478 e. The maximum Gasteiger partial charge on any atom is 0.339 e. The number of carbonyl (C=O) groups excluding carboxylic acids is 1. The average Bonchev–Trinajstić information content (AvgIpc) is 3.49. The van der Waals surface area contributed by atoms with Crippen molar-refractivity contribution < 1.29 is 23.5 Å². The molecule has 0 aromatic carbocycles. The van der Waals surface area contributed by atoms with Crippen molar-refractivity contribution in [2.75, 3.05) is 0 Å². The first-order chi connectivity index (χ1) is 12.5. The molecule has 2 aromatic heterocycles. The number of furan rings is 2. The predicted octanol–water partition coefficient (Wildman–Crippen LogP) is 4.06. The van der Waals surface area contributed by atoms with Gasteiger partial charge in [-0.1, -0.05) is 13.8 Å². The number of rotatable bonds is 7. The summed E-state index contributed by atoms with van der Waals surface area (Å²) in [5, 5.41) is 9.27. The highest BCUT2D eigenvalue weighted by atomic mass is 16.4. The zero-order valence-electron chi connectivity index (χ0n) is 15.0. The molecule has 2 heterocycles. The number of hydrogen-bond donors (Lipinski definition) is 1. The maximum atomic E-state index is 12.9. The molecule has 6 nitrogen and oxygen atoms in total. The maximum absolute atomic E-state index is 12.9. The molecule has 2 aromatic rings. The van der Waals surface area contributed by atoms with Crippen LogP contribution in [0.5, 0.6) is 0 Å². The number of carboxylic acid groups (broad SMARTS) is 1. The number of carbonyl (C=O) groups is 2. The molecule has 1 N–H and O–H groups in total. The van der Waals surface area contributed by atoms with Crippen LogP contribution in [0.1, 0.15) is 77.2 Å². The van der Waals surface area contributed by atoms with Gasteiger partial charge in [0, 0.05) is 24.4 Å². The molecule has 0 radical (unpaired) electrons. The van der Waals surface area contributed by atoms with Gasteiger partial charge in [0.05, 0.1) is 6.54 Å². The van der Waals surface area contributed by atoms with Crippen molar-refractivity contribution >= 4 is 11.9 Å². The Bertz CT molecular complexity index is 844. The zero-order chi connectivity index (χ0) is 18.4. The van der Waals surface area contributed by atoms with E-state index in [1.165, 1.54) is 6.07 Å². The molecule has 0 aliphatic heterocycles. The lowest BCUT2D eigenvalue weighted by Crippen LogP contribution is -2.32. The van der Waals surface area contributed by atoms with Crippen molar-refractivity contribution in [2.24, 2.45) is 5.92 Å². The van der Waals surface area contributed by atoms with Gasteiger partial charge in [-0.2, -0.15) is 0 Å². The van der Waals surface area contributed by atoms with Crippen LogP contribution in [-0.2, 0) is 13.0 Å². The summed E-state index contributed by atoms with van der Waals surface area (Å²) >= 11 is 0. The highest BCUT2D eigenvalue weighted by Gasteiger charge is 2.38. The fraction of sp³-hybridized carbons (Fsp3) is 0.500. The van der Waals surface area contributed by atoms with Gasteiger partial charge in [-0.3, -0.25) is 4.79 Å². The Balaban J connectivity index is 1.54. The SMILES string of the molecule is CCc1oc(C(=O)N(Cc2ccc(C3CC3C)o2)C2CC2)cc1C(=O)O. The summed E-state index contributed by atoms with van der Waals surface area (Å²) in [5.74, 6) is 2.01. The Morgan fingerprint density at radius 3 is 2.54 bits per heavy atom. The van der Waals surface area contributed by atoms with Gasteiger partial charge in [-0.15, -0.1) is 0 Å². The van der Waals surface area contributed by atoms with Crippen molar-refractivity contribution in [1.29, 1.82) is 0 Å². The average molecular weight is 357 g/mol. The Kier molecular flexibility index (Phi) is 4.13. The summed E-state index contributed by atoms with van der Waals surface area (Å²) in [5.41, 5.74) is 0.0644. The molecule has 2 unspecified atom stereocenters. The molecule has 2 saturated carbocycles. The highest BCUT2D eigenvalue weighted by molar-refractivity contribution is 5.96. The summed E-state index contributed by atoms with van der Waals surface area (Å²) in [6.45, 7) is 4.39. The molecule has 0 saturated heterocycles. The quantitative estimate of drug-likeness (QED) is 0.808. The second-order valence-electron chi connectivity index (χ2n) is 7.39. The van der Waals surface area contributed by atoms with Crippen LogP contribution in [0.4, 0.5) is 0 Å². The Labute approximate surface area is 151 Å². The van der Waals surface area contributed by atoms with E-state index in [-0.39, 0.29) is 23.3 Å². The van der Waals surface area contributed by atoms with E-state index in [4.69, 9.17) is 8.83 Å². The number of aryl methyl sites for hydroxylation is 1. The number of aromatic carboxylic acids is 1. The van der Waals surface area contributed by atoms with E-state index in [1.54, 1.807) is 11.8 Å². The van der Waals surface area contributed by atoms with Crippen LogP contribution in [0.2, 0.25) is 0 Å². The molecular weight excluding hydrogens is 334 g/mol. The van der Waals surface area contributed by atoms with Gasteiger partial charge >= 0.3 is 5.97 Å². The largest absolute Gasteiger partial charge is 0.478 e. The molecule has 138 valence electrons. The second kappa shape index (κ2) is 6.34. The third-order valence-corrected chi connectivity index (χ3v) is 5.30. The molecular formula is C20H23NO5. The van der Waals surface area contributed by atoms with E-state index < -0.39 is 5.97 Å². The van der Waals surface area contributed by atoms with Gasteiger partial charge in [0.25, 0.3) is 5.91 Å². The second-order valence-corrected chi connectivity index (χ2v) is 7.39. The van der Waals surface area contributed by atoms with Crippen LogP contribution in [0, 0.1) is 5.92 Å². The summed E-state index contributed by atoms with van der Waals surface area (Å²) in [6, 6.07) is 5.45. The van der Waals surface area contributed by atoms with Crippen LogP contribution in [0.25, 0.3) is 0 Å².